The van der Waals surface area contributed by atoms with Gasteiger partial charge in [0.25, 0.3) is 5.09 Å². The van der Waals surface area contributed by atoms with Gasteiger partial charge in [-0.05, 0) is 37.7 Å². The highest BCUT2D eigenvalue weighted by Gasteiger charge is 2.49. The lowest BCUT2D eigenvalue weighted by Crippen LogP contribution is -2.41. The molecule has 0 saturated heterocycles. The summed E-state index contributed by atoms with van der Waals surface area (Å²) in [6, 6.07) is 2.86. The van der Waals surface area contributed by atoms with Crippen LogP contribution in [-0.4, -0.2) is 61.6 Å². The summed E-state index contributed by atoms with van der Waals surface area (Å²) < 4.78 is 50.3. The van der Waals surface area contributed by atoms with E-state index in [0.717, 1.165) is 6.08 Å². The van der Waals surface area contributed by atoms with E-state index in [1.807, 2.05) is 0 Å². The van der Waals surface area contributed by atoms with Crippen molar-refractivity contribution in [2.75, 3.05) is 33.4 Å². The molecule has 29 heavy (non-hydrogen) atoms. The van der Waals surface area contributed by atoms with Crippen molar-refractivity contribution in [3.8, 4) is 5.75 Å². The molecule has 1 aliphatic heterocycles. The summed E-state index contributed by atoms with van der Waals surface area (Å²) in [6.45, 7) is 1.44. The Kier molecular flexibility index (Phi) is 7.31. The number of ether oxygens (including phenoxy) is 2. The van der Waals surface area contributed by atoms with Crippen LogP contribution in [0.5, 0.6) is 5.75 Å². The Labute approximate surface area is 168 Å². The number of nitrogens with zero attached hydrogens (tertiary/aromatic N) is 2. The molecule has 2 rings (SSSR count). The Morgan fingerprint density at radius 1 is 1.34 bits per heavy atom. The molecule has 1 atom stereocenters. The highest BCUT2D eigenvalue weighted by atomic mass is 35.5. The van der Waals surface area contributed by atoms with Crippen LogP contribution in [0.4, 0.5) is 13.2 Å². The maximum atomic E-state index is 13.4. The quantitative estimate of drug-likeness (QED) is 0.350. The SMILES string of the molecule is Cc1cc(Cl)cc2c1O[C@H](C(F)(F)F)C(C(=O)OCCN(C)CCO[N+](=O)[O-])=C2. The summed E-state index contributed by atoms with van der Waals surface area (Å²) in [5.74, 6) is -1.18. The highest BCUT2D eigenvalue weighted by Crippen LogP contribution is 2.40. The van der Waals surface area contributed by atoms with E-state index in [2.05, 4.69) is 4.84 Å². The molecule has 1 heterocycles. The molecule has 0 aromatic heterocycles. The van der Waals surface area contributed by atoms with Crippen LogP contribution in [-0.2, 0) is 14.4 Å². The summed E-state index contributed by atoms with van der Waals surface area (Å²) in [5, 5.41) is 9.43. The van der Waals surface area contributed by atoms with Gasteiger partial charge >= 0.3 is 12.1 Å². The fraction of sp³-hybridized carbons (Fsp3) is 0.471. The van der Waals surface area contributed by atoms with Crippen molar-refractivity contribution in [2.24, 2.45) is 0 Å². The molecule has 160 valence electrons. The van der Waals surface area contributed by atoms with E-state index in [0.29, 0.717) is 5.56 Å². The molecule has 1 aromatic carbocycles. The molecule has 0 amide bonds. The van der Waals surface area contributed by atoms with Crippen LogP contribution in [0.25, 0.3) is 6.08 Å². The number of hydrogen-bond acceptors (Lipinski definition) is 7. The van der Waals surface area contributed by atoms with Crippen LogP contribution in [0.15, 0.2) is 17.7 Å². The second kappa shape index (κ2) is 9.31. The van der Waals surface area contributed by atoms with Crippen molar-refractivity contribution in [1.82, 2.24) is 4.90 Å². The maximum Gasteiger partial charge on any atom is 0.430 e. The van der Waals surface area contributed by atoms with Crippen LogP contribution in [0, 0.1) is 17.0 Å². The molecule has 0 aliphatic carbocycles. The van der Waals surface area contributed by atoms with E-state index in [9.17, 15) is 28.1 Å². The minimum Gasteiger partial charge on any atom is -0.475 e. The summed E-state index contributed by atoms with van der Waals surface area (Å²) in [7, 11) is 1.58. The molecule has 12 heteroatoms. The van der Waals surface area contributed by atoms with E-state index < -0.39 is 28.9 Å². The standard InChI is InChI=1S/C17H18ClF3N2O6/c1-10-7-12(18)8-11-9-13(15(17(19,20)21)29-14(10)11)16(24)27-5-3-22(2)4-6-28-23(25)26/h7-9,15H,3-6H2,1-2H3/t15-/m0/s1. The van der Waals surface area contributed by atoms with Crippen LogP contribution < -0.4 is 4.74 Å². The molecule has 0 fully saturated rings. The first-order chi connectivity index (χ1) is 13.5. The smallest absolute Gasteiger partial charge is 0.430 e. The van der Waals surface area contributed by atoms with Crippen LogP contribution in [0.3, 0.4) is 0 Å². The van der Waals surface area contributed by atoms with E-state index in [1.165, 1.54) is 12.1 Å². The molecule has 1 aliphatic rings. The average molecular weight is 439 g/mol. The van der Waals surface area contributed by atoms with Crippen LogP contribution in [0.1, 0.15) is 11.1 Å². The Morgan fingerprint density at radius 3 is 2.62 bits per heavy atom. The van der Waals surface area contributed by atoms with Crippen molar-refractivity contribution in [1.29, 1.82) is 0 Å². The average Bonchev–Trinajstić information content (AvgIpc) is 2.59. The molecule has 0 N–H and O–H groups in total. The maximum absolute atomic E-state index is 13.4. The van der Waals surface area contributed by atoms with Crippen molar-refractivity contribution in [3.05, 3.63) is 44.0 Å². The topological polar surface area (TPSA) is 91.1 Å². The first kappa shape index (κ1) is 22.8. The number of aryl methyl sites for hydroxylation is 1. The lowest BCUT2D eigenvalue weighted by Gasteiger charge is -2.29. The van der Waals surface area contributed by atoms with Crippen LogP contribution >= 0.6 is 11.6 Å². The summed E-state index contributed by atoms with van der Waals surface area (Å²) >= 11 is 5.93. The van der Waals surface area contributed by atoms with Gasteiger partial charge in [-0.2, -0.15) is 13.2 Å². The second-order valence-corrected chi connectivity index (χ2v) is 6.71. The van der Waals surface area contributed by atoms with E-state index in [-0.39, 0.29) is 42.6 Å². The van der Waals surface area contributed by atoms with Crippen molar-refractivity contribution in [2.45, 2.75) is 19.2 Å². The number of rotatable bonds is 8. The van der Waals surface area contributed by atoms with Gasteiger partial charge < -0.3 is 19.2 Å². The fourth-order valence-electron chi connectivity index (χ4n) is 2.62. The van der Waals surface area contributed by atoms with E-state index in [4.69, 9.17) is 21.1 Å². The van der Waals surface area contributed by atoms with Gasteiger partial charge in [0.1, 0.15) is 19.0 Å². The first-order valence-corrected chi connectivity index (χ1v) is 8.75. The lowest BCUT2D eigenvalue weighted by molar-refractivity contribution is -0.757. The molecule has 0 radical (unpaired) electrons. The summed E-state index contributed by atoms with van der Waals surface area (Å²) in [6.07, 6.45) is -6.23. The molecule has 0 saturated carbocycles. The van der Waals surface area contributed by atoms with Gasteiger partial charge in [-0.15, -0.1) is 10.1 Å². The highest BCUT2D eigenvalue weighted by molar-refractivity contribution is 6.30. The zero-order chi connectivity index (χ0) is 21.8. The second-order valence-electron chi connectivity index (χ2n) is 6.28. The fourth-order valence-corrected chi connectivity index (χ4v) is 2.90. The zero-order valence-corrected chi connectivity index (χ0v) is 16.2. The molecule has 0 bridgehead atoms. The minimum atomic E-state index is -4.83. The van der Waals surface area contributed by atoms with Gasteiger partial charge in [-0.1, -0.05) is 11.6 Å². The van der Waals surface area contributed by atoms with E-state index in [1.54, 1.807) is 18.9 Å². The Morgan fingerprint density at radius 2 is 2.00 bits per heavy atom. The number of hydrogen-bond donors (Lipinski definition) is 0. The number of carbonyl (C=O) groups excluding carboxylic acids is 1. The number of alkyl halides is 3. The Bertz CT molecular complexity index is 815. The predicted molar refractivity (Wildman–Crippen MR) is 96.0 cm³/mol. The van der Waals surface area contributed by atoms with Gasteiger partial charge in [0.2, 0.25) is 6.10 Å². The summed E-state index contributed by atoms with van der Waals surface area (Å²) in [4.78, 5) is 28.1. The molecule has 1 aromatic rings. The molecule has 0 unspecified atom stereocenters. The summed E-state index contributed by atoms with van der Waals surface area (Å²) in [5.41, 5.74) is -0.0357. The third-order valence-corrected chi connectivity index (χ3v) is 4.22. The molecule has 0 spiro atoms. The monoisotopic (exact) mass is 438 g/mol. The molecular formula is C17H18ClF3N2O6. The number of esters is 1. The van der Waals surface area contributed by atoms with Crippen LogP contribution in [0.2, 0.25) is 5.02 Å². The number of likely N-dealkylation sites (N-methyl/N-ethyl adjacent to an activating group) is 1. The molecule has 8 nitrogen and oxygen atoms in total. The van der Waals surface area contributed by atoms with Gasteiger partial charge in [0.15, 0.2) is 0 Å². The third-order valence-electron chi connectivity index (χ3n) is 4.01. The number of carbonyl (C=O) groups is 1. The lowest BCUT2D eigenvalue weighted by atomic mass is 9.99. The largest absolute Gasteiger partial charge is 0.475 e. The normalized spacial score (nSPS) is 16.0. The Hall–Kier alpha value is -2.53. The zero-order valence-electron chi connectivity index (χ0n) is 15.5. The van der Waals surface area contributed by atoms with Gasteiger partial charge in [-0.25, -0.2) is 4.79 Å². The predicted octanol–water partition coefficient (Wildman–Crippen LogP) is 3.04. The number of halogens is 4. The third kappa shape index (κ3) is 6.23. The van der Waals surface area contributed by atoms with Crippen molar-refractivity contribution < 1.29 is 37.4 Å². The van der Waals surface area contributed by atoms with Crippen molar-refractivity contribution in [3.63, 3.8) is 0 Å². The first-order valence-electron chi connectivity index (χ1n) is 8.37. The van der Waals surface area contributed by atoms with Gasteiger partial charge in [0.05, 0.1) is 5.57 Å². The minimum absolute atomic E-state index is 0.00111. The molecular weight excluding hydrogens is 421 g/mol. The number of benzene rings is 1. The van der Waals surface area contributed by atoms with Crippen molar-refractivity contribution >= 4 is 23.6 Å². The number of fused-ring (bicyclic) bond motifs is 1. The van der Waals surface area contributed by atoms with E-state index >= 15 is 0 Å². The Balaban J connectivity index is 2.07. The van der Waals surface area contributed by atoms with Gasteiger partial charge in [0, 0.05) is 23.7 Å². The van der Waals surface area contributed by atoms with Gasteiger partial charge in [-0.3, -0.25) is 0 Å².